The number of ketones is 1. The quantitative estimate of drug-likeness (QED) is 0.624. The Bertz CT molecular complexity index is 448. The molecule has 0 saturated heterocycles. The van der Waals surface area contributed by atoms with Gasteiger partial charge in [0.25, 0.3) is 0 Å². The summed E-state index contributed by atoms with van der Waals surface area (Å²) in [5.41, 5.74) is 8.49. The minimum atomic E-state index is 0.145. The van der Waals surface area contributed by atoms with Crippen LogP contribution in [-0.2, 0) is 0 Å². The molecule has 1 aliphatic rings. The van der Waals surface area contributed by atoms with Crippen LogP contribution in [0, 0.1) is 18.3 Å². The highest BCUT2D eigenvalue weighted by atomic mass is 16.1. The molecule has 1 aromatic carbocycles. The van der Waals surface area contributed by atoms with E-state index in [9.17, 15) is 4.79 Å². The molecule has 2 nitrogen and oxygen atoms in total. The highest BCUT2D eigenvalue weighted by Crippen LogP contribution is 2.44. The summed E-state index contributed by atoms with van der Waals surface area (Å²) in [6, 6.07) is 5.62. The standard InChI is InChI=1S/C15H21NO/c1-10-9-11(6-7-13(10)16)14(17)12-5-4-8-15(12,2)3/h6-7,9,12H,4-5,8,16H2,1-3H3. The minimum Gasteiger partial charge on any atom is -0.399 e. The minimum absolute atomic E-state index is 0.145. The Morgan fingerprint density at radius 3 is 2.65 bits per heavy atom. The van der Waals surface area contributed by atoms with Crippen molar-refractivity contribution in [1.82, 2.24) is 0 Å². The van der Waals surface area contributed by atoms with Crippen LogP contribution in [0.3, 0.4) is 0 Å². The van der Waals surface area contributed by atoms with Crippen LogP contribution in [0.5, 0.6) is 0 Å². The monoisotopic (exact) mass is 231 g/mol. The van der Waals surface area contributed by atoms with E-state index in [0.717, 1.165) is 36.1 Å². The summed E-state index contributed by atoms with van der Waals surface area (Å²) in [6.07, 6.45) is 3.34. The van der Waals surface area contributed by atoms with Crippen LogP contribution in [0.15, 0.2) is 18.2 Å². The summed E-state index contributed by atoms with van der Waals surface area (Å²) < 4.78 is 0. The number of hydrogen-bond acceptors (Lipinski definition) is 2. The molecule has 1 aliphatic carbocycles. The highest BCUT2D eigenvalue weighted by molar-refractivity contribution is 5.99. The molecule has 92 valence electrons. The first-order chi connectivity index (χ1) is 7.92. The van der Waals surface area contributed by atoms with Gasteiger partial charge in [-0.05, 0) is 48.9 Å². The molecule has 17 heavy (non-hydrogen) atoms. The van der Waals surface area contributed by atoms with Crippen molar-refractivity contribution in [2.24, 2.45) is 11.3 Å². The third-order valence-corrected chi connectivity index (χ3v) is 4.13. The average molecular weight is 231 g/mol. The summed E-state index contributed by atoms with van der Waals surface area (Å²) in [7, 11) is 0. The number of aryl methyl sites for hydroxylation is 1. The normalized spacial score (nSPS) is 22.6. The molecule has 1 fully saturated rings. The molecule has 0 aliphatic heterocycles. The number of rotatable bonds is 2. The van der Waals surface area contributed by atoms with E-state index in [0.29, 0.717) is 0 Å². The maximum atomic E-state index is 12.5. The van der Waals surface area contributed by atoms with Gasteiger partial charge in [-0.3, -0.25) is 4.79 Å². The lowest BCUT2D eigenvalue weighted by Crippen LogP contribution is -2.25. The molecule has 0 radical (unpaired) electrons. The Morgan fingerprint density at radius 1 is 1.41 bits per heavy atom. The van der Waals surface area contributed by atoms with Gasteiger partial charge < -0.3 is 5.73 Å². The van der Waals surface area contributed by atoms with Crippen molar-refractivity contribution >= 4 is 11.5 Å². The fraction of sp³-hybridized carbons (Fsp3) is 0.533. The number of Topliss-reactive ketones (excluding diaryl/α,β-unsaturated/α-hetero) is 1. The van der Waals surface area contributed by atoms with E-state index >= 15 is 0 Å². The molecule has 1 saturated carbocycles. The van der Waals surface area contributed by atoms with Gasteiger partial charge in [0.15, 0.2) is 5.78 Å². The molecule has 1 unspecified atom stereocenters. The fourth-order valence-corrected chi connectivity index (χ4v) is 2.84. The molecule has 1 aromatic rings. The van der Waals surface area contributed by atoms with Gasteiger partial charge in [-0.25, -0.2) is 0 Å². The van der Waals surface area contributed by atoms with Gasteiger partial charge >= 0.3 is 0 Å². The average Bonchev–Trinajstić information content (AvgIpc) is 2.61. The Morgan fingerprint density at radius 2 is 2.12 bits per heavy atom. The van der Waals surface area contributed by atoms with E-state index in [-0.39, 0.29) is 17.1 Å². The second-order valence-corrected chi connectivity index (χ2v) is 5.87. The Hall–Kier alpha value is -1.31. The molecule has 0 spiro atoms. The van der Waals surface area contributed by atoms with Crippen molar-refractivity contribution in [1.29, 1.82) is 0 Å². The van der Waals surface area contributed by atoms with Gasteiger partial charge in [0.2, 0.25) is 0 Å². The Kier molecular flexibility index (Phi) is 2.98. The zero-order chi connectivity index (χ0) is 12.6. The fourth-order valence-electron chi connectivity index (χ4n) is 2.84. The number of carbonyl (C=O) groups excluding carboxylic acids is 1. The Balaban J connectivity index is 2.28. The van der Waals surface area contributed by atoms with E-state index < -0.39 is 0 Å². The third kappa shape index (κ3) is 2.21. The summed E-state index contributed by atoms with van der Waals surface area (Å²) in [4.78, 5) is 12.5. The summed E-state index contributed by atoms with van der Waals surface area (Å²) >= 11 is 0. The first kappa shape index (κ1) is 12.2. The lowest BCUT2D eigenvalue weighted by Gasteiger charge is -2.25. The first-order valence-electron chi connectivity index (χ1n) is 6.32. The van der Waals surface area contributed by atoms with Crippen molar-refractivity contribution < 1.29 is 4.79 Å². The summed E-state index contributed by atoms with van der Waals surface area (Å²) in [5, 5.41) is 0. The molecule has 0 amide bonds. The van der Waals surface area contributed by atoms with Gasteiger partial charge in [0, 0.05) is 17.2 Å². The predicted molar refractivity (Wildman–Crippen MR) is 71.0 cm³/mol. The number of carbonyl (C=O) groups is 1. The summed E-state index contributed by atoms with van der Waals surface area (Å²) in [5.74, 6) is 0.459. The van der Waals surface area contributed by atoms with E-state index in [1.54, 1.807) is 0 Å². The number of hydrogen-bond donors (Lipinski definition) is 1. The van der Waals surface area contributed by atoms with E-state index in [2.05, 4.69) is 13.8 Å². The van der Waals surface area contributed by atoms with Crippen LogP contribution in [0.25, 0.3) is 0 Å². The number of nitrogen functional groups attached to an aromatic ring is 1. The van der Waals surface area contributed by atoms with Gasteiger partial charge in [0.05, 0.1) is 0 Å². The van der Waals surface area contributed by atoms with Crippen molar-refractivity contribution in [3.63, 3.8) is 0 Å². The van der Waals surface area contributed by atoms with Crippen molar-refractivity contribution in [3.8, 4) is 0 Å². The van der Waals surface area contributed by atoms with E-state index in [1.807, 2.05) is 25.1 Å². The number of nitrogens with two attached hydrogens (primary N) is 1. The zero-order valence-electron chi connectivity index (χ0n) is 10.9. The third-order valence-electron chi connectivity index (χ3n) is 4.13. The van der Waals surface area contributed by atoms with E-state index in [1.165, 1.54) is 0 Å². The largest absolute Gasteiger partial charge is 0.399 e. The van der Waals surface area contributed by atoms with Crippen LogP contribution in [0.1, 0.15) is 49.0 Å². The Labute approximate surface area is 103 Å². The SMILES string of the molecule is Cc1cc(C(=O)C2CCCC2(C)C)ccc1N. The van der Waals surface area contributed by atoms with Crippen molar-refractivity contribution in [2.75, 3.05) is 5.73 Å². The van der Waals surface area contributed by atoms with Crippen LogP contribution < -0.4 is 5.73 Å². The van der Waals surface area contributed by atoms with Gasteiger partial charge in [0.1, 0.15) is 0 Å². The molecule has 1 atom stereocenters. The van der Waals surface area contributed by atoms with Crippen LogP contribution in [0.4, 0.5) is 5.69 Å². The van der Waals surface area contributed by atoms with Crippen LogP contribution in [-0.4, -0.2) is 5.78 Å². The maximum Gasteiger partial charge on any atom is 0.166 e. The first-order valence-corrected chi connectivity index (χ1v) is 6.32. The predicted octanol–water partition coefficient (Wildman–Crippen LogP) is 3.59. The topological polar surface area (TPSA) is 43.1 Å². The lowest BCUT2D eigenvalue weighted by molar-refractivity contribution is 0.0839. The van der Waals surface area contributed by atoms with Gasteiger partial charge in [-0.15, -0.1) is 0 Å². The zero-order valence-corrected chi connectivity index (χ0v) is 10.9. The van der Waals surface area contributed by atoms with Crippen molar-refractivity contribution in [3.05, 3.63) is 29.3 Å². The molecule has 2 heteroatoms. The second kappa shape index (κ2) is 4.17. The number of anilines is 1. The lowest BCUT2D eigenvalue weighted by atomic mass is 9.77. The molecule has 0 heterocycles. The molecule has 2 rings (SSSR count). The summed E-state index contributed by atoms with van der Waals surface area (Å²) in [6.45, 7) is 6.35. The number of benzene rings is 1. The van der Waals surface area contributed by atoms with Crippen LogP contribution >= 0.6 is 0 Å². The van der Waals surface area contributed by atoms with Crippen LogP contribution in [0.2, 0.25) is 0 Å². The second-order valence-electron chi connectivity index (χ2n) is 5.87. The maximum absolute atomic E-state index is 12.5. The van der Waals surface area contributed by atoms with E-state index in [4.69, 9.17) is 5.73 Å². The molecule has 0 aromatic heterocycles. The van der Waals surface area contributed by atoms with Gasteiger partial charge in [-0.1, -0.05) is 20.3 Å². The van der Waals surface area contributed by atoms with Crippen molar-refractivity contribution in [2.45, 2.75) is 40.0 Å². The highest BCUT2D eigenvalue weighted by Gasteiger charge is 2.39. The van der Waals surface area contributed by atoms with Gasteiger partial charge in [-0.2, -0.15) is 0 Å². The molecule has 0 bridgehead atoms. The molecule has 2 N–H and O–H groups in total. The molecular weight excluding hydrogens is 210 g/mol. The smallest absolute Gasteiger partial charge is 0.166 e. The molecular formula is C15H21NO.